The van der Waals surface area contributed by atoms with Crippen LogP contribution in [0.5, 0.6) is 0 Å². The SMILES string of the molecule is C1CC2CC12.c1ccc2c(c1)CCCC2. The van der Waals surface area contributed by atoms with Crippen molar-refractivity contribution in [1.82, 2.24) is 0 Å². The first-order valence-corrected chi connectivity index (χ1v) is 6.50. The highest BCUT2D eigenvalue weighted by Gasteiger charge is 2.44. The number of fused-ring (bicyclic) bond motifs is 2. The zero-order chi connectivity index (χ0) is 10.1. The summed E-state index contributed by atoms with van der Waals surface area (Å²) < 4.78 is 0. The van der Waals surface area contributed by atoms with E-state index in [9.17, 15) is 0 Å². The molecule has 4 rings (SSSR count). The van der Waals surface area contributed by atoms with E-state index in [4.69, 9.17) is 0 Å². The second-order valence-corrected chi connectivity index (χ2v) is 5.31. The number of aryl methyl sites for hydroxylation is 2. The van der Waals surface area contributed by atoms with Crippen molar-refractivity contribution in [3.63, 3.8) is 0 Å². The van der Waals surface area contributed by atoms with E-state index in [0.29, 0.717) is 0 Å². The normalized spacial score (nSPS) is 30.1. The lowest BCUT2D eigenvalue weighted by molar-refractivity contribution is 0.468. The van der Waals surface area contributed by atoms with E-state index in [-0.39, 0.29) is 0 Å². The Bertz CT molecular complexity index is 303. The van der Waals surface area contributed by atoms with Crippen molar-refractivity contribution < 1.29 is 0 Å². The highest BCUT2D eigenvalue weighted by Crippen LogP contribution is 2.55. The first-order chi connectivity index (χ1) is 7.43. The summed E-state index contributed by atoms with van der Waals surface area (Å²) in [7, 11) is 0. The molecule has 2 unspecified atom stereocenters. The molecule has 80 valence electrons. The van der Waals surface area contributed by atoms with Crippen LogP contribution in [0.25, 0.3) is 0 Å². The Balaban J connectivity index is 0.000000119. The molecule has 0 heterocycles. The molecule has 1 aromatic carbocycles. The second kappa shape index (κ2) is 4.00. The molecule has 0 nitrogen and oxygen atoms in total. The second-order valence-electron chi connectivity index (χ2n) is 5.31. The van der Waals surface area contributed by atoms with Crippen LogP contribution < -0.4 is 0 Å². The Morgan fingerprint density at radius 1 is 0.800 bits per heavy atom. The number of rotatable bonds is 0. The maximum atomic E-state index is 2.26. The van der Waals surface area contributed by atoms with Gasteiger partial charge < -0.3 is 0 Å². The first kappa shape index (κ1) is 9.45. The fraction of sp³-hybridized carbons (Fsp3) is 0.600. The van der Waals surface area contributed by atoms with Gasteiger partial charge >= 0.3 is 0 Å². The topological polar surface area (TPSA) is 0 Å². The largest absolute Gasteiger partial charge is 0.0620 e. The zero-order valence-electron chi connectivity index (χ0n) is 9.41. The minimum absolute atomic E-state index is 1.23. The van der Waals surface area contributed by atoms with Gasteiger partial charge in [-0.25, -0.2) is 0 Å². The van der Waals surface area contributed by atoms with Gasteiger partial charge in [0.15, 0.2) is 0 Å². The lowest BCUT2D eigenvalue weighted by atomic mass is 9.92. The van der Waals surface area contributed by atoms with Gasteiger partial charge in [0.05, 0.1) is 0 Å². The third-order valence-electron chi connectivity index (χ3n) is 4.24. The molecular weight excluding hydrogens is 180 g/mol. The Morgan fingerprint density at radius 2 is 1.33 bits per heavy atom. The van der Waals surface area contributed by atoms with E-state index in [2.05, 4.69) is 24.3 Å². The maximum absolute atomic E-state index is 2.26. The van der Waals surface area contributed by atoms with Crippen molar-refractivity contribution in [1.29, 1.82) is 0 Å². The van der Waals surface area contributed by atoms with Crippen molar-refractivity contribution in [2.24, 2.45) is 11.8 Å². The molecule has 0 saturated heterocycles. The zero-order valence-corrected chi connectivity index (χ0v) is 9.41. The van der Waals surface area contributed by atoms with E-state index in [1.807, 2.05) is 0 Å². The van der Waals surface area contributed by atoms with Crippen LogP contribution in [0.2, 0.25) is 0 Å². The van der Waals surface area contributed by atoms with Crippen LogP contribution in [-0.2, 0) is 12.8 Å². The molecule has 0 heteroatoms. The van der Waals surface area contributed by atoms with Crippen LogP contribution in [0.3, 0.4) is 0 Å². The summed E-state index contributed by atoms with van der Waals surface area (Å²) in [4.78, 5) is 0. The smallest absolute Gasteiger partial charge is 0.0276 e. The molecule has 2 saturated carbocycles. The number of hydrogen-bond donors (Lipinski definition) is 0. The van der Waals surface area contributed by atoms with Crippen molar-refractivity contribution in [2.45, 2.75) is 44.9 Å². The molecule has 0 aromatic heterocycles. The lowest BCUT2D eigenvalue weighted by Crippen LogP contribution is -2.00. The van der Waals surface area contributed by atoms with Gasteiger partial charge in [-0.2, -0.15) is 0 Å². The van der Waals surface area contributed by atoms with Crippen molar-refractivity contribution >= 4 is 0 Å². The fourth-order valence-electron chi connectivity index (χ4n) is 2.86. The van der Waals surface area contributed by atoms with Gasteiger partial charge in [-0.05, 0) is 67.9 Å². The molecular formula is C15H20. The molecule has 0 amide bonds. The Kier molecular flexibility index (Phi) is 2.52. The Labute approximate surface area is 92.7 Å². The van der Waals surface area contributed by atoms with E-state index >= 15 is 0 Å². The van der Waals surface area contributed by atoms with Crippen molar-refractivity contribution in [3.05, 3.63) is 35.4 Å². The quantitative estimate of drug-likeness (QED) is 0.594. The Hall–Kier alpha value is -0.780. The van der Waals surface area contributed by atoms with Gasteiger partial charge in [0.2, 0.25) is 0 Å². The molecule has 2 fully saturated rings. The summed E-state index contributed by atoms with van der Waals surface area (Å²) >= 11 is 0. The molecule has 0 radical (unpaired) electrons. The summed E-state index contributed by atoms with van der Waals surface area (Å²) in [5.41, 5.74) is 3.16. The third kappa shape index (κ3) is 2.09. The predicted molar refractivity (Wildman–Crippen MR) is 63.9 cm³/mol. The molecule has 3 aliphatic carbocycles. The van der Waals surface area contributed by atoms with E-state index in [1.54, 1.807) is 30.4 Å². The summed E-state index contributed by atoms with van der Waals surface area (Å²) in [6, 6.07) is 8.80. The molecule has 3 aliphatic rings. The minimum atomic E-state index is 1.23. The van der Waals surface area contributed by atoms with Crippen LogP contribution in [0.15, 0.2) is 24.3 Å². The molecule has 0 bridgehead atoms. The summed E-state index contributed by atoms with van der Waals surface area (Å²) in [6.07, 6.45) is 10.1. The van der Waals surface area contributed by atoms with E-state index < -0.39 is 0 Å². The number of benzene rings is 1. The van der Waals surface area contributed by atoms with Crippen molar-refractivity contribution in [3.8, 4) is 0 Å². The van der Waals surface area contributed by atoms with Crippen molar-refractivity contribution in [2.75, 3.05) is 0 Å². The van der Waals surface area contributed by atoms with Crippen LogP contribution in [-0.4, -0.2) is 0 Å². The average molecular weight is 200 g/mol. The standard InChI is InChI=1S/C10H12.C5H8/c1-2-6-10-8-4-3-7-9(10)5-1;1-2-5-3-4(1)5/h1-2,5-6H,3-4,7-8H2;4-5H,1-3H2. The van der Waals surface area contributed by atoms with Crippen LogP contribution in [0.1, 0.15) is 43.2 Å². The van der Waals surface area contributed by atoms with Crippen LogP contribution in [0, 0.1) is 11.8 Å². The van der Waals surface area contributed by atoms with Crippen LogP contribution in [0.4, 0.5) is 0 Å². The average Bonchev–Trinajstić information content (AvgIpc) is 2.87. The van der Waals surface area contributed by atoms with Gasteiger partial charge in [0.1, 0.15) is 0 Å². The molecule has 0 spiro atoms. The highest BCUT2D eigenvalue weighted by atomic mass is 14.5. The predicted octanol–water partition coefficient (Wildman–Crippen LogP) is 3.98. The van der Waals surface area contributed by atoms with E-state index in [0.717, 1.165) is 0 Å². The third-order valence-corrected chi connectivity index (χ3v) is 4.24. The maximum Gasteiger partial charge on any atom is -0.0276 e. The molecule has 15 heavy (non-hydrogen) atoms. The molecule has 0 aliphatic heterocycles. The monoisotopic (exact) mass is 200 g/mol. The van der Waals surface area contributed by atoms with Gasteiger partial charge in [0.25, 0.3) is 0 Å². The summed E-state index contributed by atoms with van der Waals surface area (Å²) in [6.45, 7) is 0. The first-order valence-electron chi connectivity index (χ1n) is 6.50. The molecule has 0 N–H and O–H groups in total. The molecule has 1 aromatic rings. The van der Waals surface area contributed by atoms with Gasteiger partial charge in [-0.15, -0.1) is 0 Å². The molecule has 2 atom stereocenters. The summed E-state index contributed by atoms with van der Waals surface area (Å²) in [5.74, 6) is 2.46. The van der Waals surface area contributed by atoms with Gasteiger partial charge in [0, 0.05) is 0 Å². The van der Waals surface area contributed by atoms with Gasteiger partial charge in [-0.3, -0.25) is 0 Å². The van der Waals surface area contributed by atoms with E-state index in [1.165, 1.54) is 37.5 Å². The fourth-order valence-corrected chi connectivity index (χ4v) is 2.86. The van der Waals surface area contributed by atoms with Gasteiger partial charge in [-0.1, -0.05) is 24.3 Å². The summed E-state index contributed by atoms with van der Waals surface area (Å²) in [5, 5.41) is 0. The minimum Gasteiger partial charge on any atom is -0.0620 e. The van der Waals surface area contributed by atoms with Crippen LogP contribution >= 0.6 is 0 Å². The number of hydrogen-bond acceptors (Lipinski definition) is 0. The Morgan fingerprint density at radius 3 is 1.67 bits per heavy atom. The lowest BCUT2D eigenvalue weighted by Gasteiger charge is -2.13. The highest BCUT2D eigenvalue weighted by molar-refractivity contribution is 5.28.